The Morgan fingerprint density at radius 2 is 2.00 bits per heavy atom. The van der Waals surface area contributed by atoms with E-state index in [9.17, 15) is 15.0 Å². The summed E-state index contributed by atoms with van der Waals surface area (Å²) < 4.78 is 0. The Morgan fingerprint density at radius 3 is 2.40 bits per heavy atom. The van der Waals surface area contributed by atoms with Crippen molar-refractivity contribution in [3.63, 3.8) is 0 Å². The van der Waals surface area contributed by atoms with Gasteiger partial charge in [0, 0.05) is 0 Å². The zero-order chi connectivity index (χ0) is 11.5. The van der Waals surface area contributed by atoms with Crippen LogP contribution in [0.4, 0.5) is 0 Å². The van der Waals surface area contributed by atoms with Crippen molar-refractivity contribution in [3.05, 3.63) is 0 Å². The average molecular weight is 214 g/mol. The van der Waals surface area contributed by atoms with Gasteiger partial charge < -0.3 is 10.2 Å². The van der Waals surface area contributed by atoms with Crippen LogP contribution in [0.25, 0.3) is 0 Å². The van der Waals surface area contributed by atoms with Crippen molar-refractivity contribution in [2.24, 2.45) is 11.3 Å². The molecule has 2 N–H and O–H groups in total. The fraction of sp³-hybridized carbons (Fsp3) is 0.917. The molecule has 88 valence electrons. The molecule has 1 aliphatic carbocycles. The van der Waals surface area contributed by atoms with Gasteiger partial charge in [0.1, 0.15) is 0 Å². The van der Waals surface area contributed by atoms with Gasteiger partial charge in [0.05, 0.1) is 11.5 Å². The minimum atomic E-state index is -0.671. The van der Waals surface area contributed by atoms with E-state index >= 15 is 0 Å². The van der Waals surface area contributed by atoms with Crippen LogP contribution in [-0.2, 0) is 4.79 Å². The minimum Gasteiger partial charge on any atom is -0.481 e. The van der Waals surface area contributed by atoms with Crippen LogP contribution < -0.4 is 0 Å². The molecule has 1 atom stereocenters. The smallest absolute Gasteiger partial charge is 0.309 e. The summed E-state index contributed by atoms with van der Waals surface area (Å²) in [5.41, 5.74) is -0.552. The summed E-state index contributed by atoms with van der Waals surface area (Å²) in [5, 5.41) is 18.5. The third-order valence-corrected chi connectivity index (χ3v) is 3.73. The van der Waals surface area contributed by atoms with E-state index < -0.39 is 11.4 Å². The number of aliphatic hydroxyl groups excluding tert-OH is 1. The van der Waals surface area contributed by atoms with Gasteiger partial charge in [-0.3, -0.25) is 4.79 Å². The summed E-state index contributed by atoms with van der Waals surface area (Å²) >= 11 is 0. The van der Waals surface area contributed by atoms with Crippen molar-refractivity contribution in [1.82, 2.24) is 0 Å². The van der Waals surface area contributed by atoms with Crippen LogP contribution in [0.2, 0.25) is 0 Å². The van der Waals surface area contributed by atoms with E-state index in [1.807, 2.05) is 0 Å². The SMILES string of the molecule is CC(O)CCC1(C(=O)O)CCC(C)CC1. The van der Waals surface area contributed by atoms with Crippen molar-refractivity contribution < 1.29 is 15.0 Å². The Morgan fingerprint density at radius 1 is 1.47 bits per heavy atom. The number of aliphatic hydroxyl groups is 1. The highest BCUT2D eigenvalue weighted by Crippen LogP contribution is 2.42. The summed E-state index contributed by atoms with van der Waals surface area (Å²) in [6.07, 6.45) is 4.39. The molecule has 1 aliphatic rings. The zero-order valence-corrected chi connectivity index (χ0v) is 9.70. The van der Waals surface area contributed by atoms with Gasteiger partial charge in [-0.1, -0.05) is 6.92 Å². The third-order valence-electron chi connectivity index (χ3n) is 3.73. The number of carboxylic acids is 1. The molecule has 0 heterocycles. The fourth-order valence-corrected chi connectivity index (χ4v) is 2.37. The lowest BCUT2D eigenvalue weighted by atomic mass is 9.68. The van der Waals surface area contributed by atoms with E-state index in [2.05, 4.69) is 6.92 Å². The average Bonchev–Trinajstić information content (AvgIpc) is 2.17. The standard InChI is InChI=1S/C12H22O3/c1-9-3-6-12(7-4-9,11(14)15)8-5-10(2)13/h9-10,13H,3-8H2,1-2H3,(H,14,15). The highest BCUT2D eigenvalue weighted by molar-refractivity contribution is 5.74. The number of rotatable bonds is 4. The van der Waals surface area contributed by atoms with Gasteiger partial charge in [0.15, 0.2) is 0 Å². The minimum absolute atomic E-state index is 0.388. The second-order valence-corrected chi connectivity index (χ2v) is 5.16. The molecule has 15 heavy (non-hydrogen) atoms. The van der Waals surface area contributed by atoms with E-state index in [0.717, 1.165) is 25.7 Å². The summed E-state index contributed by atoms with van der Waals surface area (Å²) in [6, 6.07) is 0. The summed E-state index contributed by atoms with van der Waals surface area (Å²) in [7, 11) is 0. The van der Waals surface area contributed by atoms with Crippen LogP contribution >= 0.6 is 0 Å². The second kappa shape index (κ2) is 4.97. The zero-order valence-electron chi connectivity index (χ0n) is 9.70. The quantitative estimate of drug-likeness (QED) is 0.755. The lowest BCUT2D eigenvalue weighted by molar-refractivity contribution is -0.152. The van der Waals surface area contributed by atoms with Crippen LogP contribution in [0.1, 0.15) is 52.4 Å². The third kappa shape index (κ3) is 3.20. The van der Waals surface area contributed by atoms with Gasteiger partial charge in [0.2, 0.25) is 0 Å². The fourth-order valence-electron chi connectivity index (χ4n) is 2.37. The Hall–Kier alpha value is -0.570. The van der Waals surface area contributed by atoms with Crippen molar-refractivity contribution in [3.8, 4) is 0 Å². The predicted molar refractivity (Wildman–Crippen MR) is 58.6 cm³/mol. The first-order valence-electron chi connectivity index (χ1n) is 5.88. The van der Waals surface area contributed by atoms with E-state index in [4.69, 9.17) is 0 Å². The highest BCUT2D eigenvalue weighted by Gasteiger charge is 2.40. The molecule has 0 bridgehead atoms. The first-order chi connectivity index (χ1) is 6.96. The van der Waals surface area contributed by atoms with Crippen molar-refractivity contribution >= 4 is 5.97 Å². The predicted octanol–water partition coefficient (Wildman–Crippen LogP) is 2.43. The molecule has 3 nitrogen and oxygen atoms in total. The molecule has 1 rings (SSSR count). The van der Waals surface area contributed by atoms with Crippen LogP contribution in [-0.4, -0.2) is 22.3 Å². The molecule has 0 saturated heterocycles. The van der Waals surface area contributed by atoms with Gasteiger partial charge in [-0.05, 0) is 51.4 Å². The van der Waals surface area contributed by atoms with Crippen LogP contribution in [0, 0.1) is 11.3 Å². The molecule has 0 aromatic heterocycles. The number of carbonyl (C=O) groups is 1. The Balaban J connectivity index is 2.59. The number of hydrogen-bond acceptors (Lipinski definition) is 2. The number of carboxylic acid groups (broad SMARTS) is 1. The maximum absolute atomic E-state index is 11.3. The van der Waals surface area contributed by atoms with Crippen LogP contribution in [0.15, 0.2) is 0 Å². The Labute approximate surface area is 91.5 Å². The van der Waals surface area contributed by atoms with Crippen molar-refractivity contribution in [2.75, 3.05) is 0 Å². The Bertz CT molecular complexity index is 215. The molecule has 0 spiro atoms. The maximum atomic E-state index is 11.3. The lowest BCUT2D eigenvalue weighted by Gasteiger charge is -2.36. The van der Waals surface area contributed by atoms with Gasteiger partial charge in [-0.2, -0.15) is 0 Å². The number of hydrogen-bond donors (Lipinski definition) is 2. The highest BCUT2D eigenvalue weighted by atomic mass is 16.4. The second-order valence-electron chi connectivity index (χ2n) is 5.16. The molecule has 0 aromatic carbocycles. The largest absolute Gasteiger partial charge is 0.481 e. The van der Waals surface area contributed by atoms with Gasteiger partial charge >= 0.3 is 5.97 Å². The van der Waals surface area contributed by atoms with Gasteiger partial charge in [-0.25, -0.2) is 0 Å². The molecular formula is C12H22O3. The molecule has 0 aromatic rings. The van der Waals surface area contributed by atoms with Gasteiger partial charge in [0.25, 0.3) is 0 Å². The monoisotopic (exact) mass is 214 g/mol. The molecule has 3 heteroatoms. The van der Waals surface area contributed by atoms with E-state index in [1.165, 1.54) is 0 Å². The molecule has 1 fully saturated rings. The molecular weight excluding hydrogens is 192 g/mol. The molecule has 1 saturated carbocycles. The Kier molecular flexibility index (Phi) is 4.14. The topological polar surface area (TPSA) is 57.5 Å². The number of aliphatic carboxylic acids is 1. The van der Waals surface area contributed by atoms with Crippen LogP contribution in [0.3, 0.4) is 0 Å². The van der Waals surface area contributed by atoms with Crippen molar-refractivity contribution in [1.29, 1.82) is 0 Å². The van der Waals surface area contributed by atoms with E-state index in [-0.39, 0.29) is 6.10 Å². The van der Waals surface area contributed by atoms with Crippen molar-refractivity contribution in [2.45, 2.75) is 58.5 Å². The summed E-state index contributed by atoms with van der Waals surface area (Å²) in [4.78, 5) is 11.3. The maximum Gasteiger partial charge on any atom is 0.309 e. The summed E-state index contributed by atoms with van der Waals surface area (Å²) in [6.45, 7) is 3.90. The van der Waals surface area contributed by atoms with E-state index in [1.54, 1.807) is 6.92 Å². The van der Waals surface area contributed by atoms with E-state index in [0.29, 0.717) is 18.8 Å². The molecule has 0 aliphatic heterocycles. The van der Waals surface area contributed by atoms with Crippen LogP contribution in [0.5, 0.6) is 0 Å². The molecule has 0 amide bonds. The normalized spacial score (nSPS) is 33.7. The first kappa shape index (κ1) is 12.5. The first-order valence-corrected chi connectivity index (χ1v) is 5.88. The summed E-state index contributed by atoms with van der Waals surface area (Å²) in [5.74, 6) is -0.0147. The van der Waals surface area contributed by atoms with Gasteiger partial charge in [-0.15, -0.1) is 0 Å². The molecule has 0 radical (unpaired) electrons. The lowest BCUT2D eigenvalue weighted by Crippen LogP contribution is -2.35. The molecule has 1 unspecified atom stereocenters.